The van der Waals surface area contributed by atoms with Crippen molar-refractivity contribution < 1.29 is 9.47 Å². The SMILES string of the molecule is COc1cc2ccnc(Cc3cc(C)cc(C)c3)c2cc1OC. The minimum absolute atomic E-state index is 0.731. The summed E-state index contributed by atoms with van der Waals surface area (Å²) in [5.74, 6) is 1.47. The van der Waals surface area contributed by atoms with Crippen molar-refractivity contribution in [1.82, 2.24) is 4.98 Å². The van der Waals surface area contributed by atoms with E-state index >= 15 is 0 Å². The molecule has 1 heterocycles. The average Bonchev–Trinajstić information content (AvgIpc) is 2.53. The molecule has 0 spiro atoms. The van der Waals surface area contributed by atoms with Gasteiger partial charge in [0.2, 0.25) is 0 Å². The third-order valence-electron chi connectivity index (χ3n) is 4.00. The second kappa shape index (κ2) is 6.29. The molecule has 0 atom stereocenters. The standard InChI is InChI=1S/C20H21NO2/c1-13-7-14(2)9-15(8-13)10-18-17-12-20(23-4)19(22-3)11-16(17)5-6-21-18/h5-9,11-12H,10H2,1-4H3. The molecular weight excluding hydrogens is 286 g/mol. The van der Waals surface area contributed by atoms with Crippen molar-refractivity contribution in [2.45, 2.75) is 20.3 Å². The van der Waals surface area contributed by atoms with Gasteiger partial charge in [-0.3, -0.25) is 4.98 Å². The molecule has 118 valence electrons. The van der Waals surface area contributed by atoms with Crippen LogP contribution < -0.4 is 9.47 Å². The zero-order valence-electron chi connectivity index (χ0n) is 14.0. The number of hydrogen-bond donors (Lipinski definition) is 0. The second-order valence-electron chi connectivity index (χ2n) is 5.86. The van der Waals surface area contributed by atoms with Crippen LogP contribution in [0.15, 0.2) is 42.6 Å². The van der Waals surface area contributed by atoms with E-state index in [0.29, 0.717) is 0 Å². The molecule has 1 aromatic heterocycles. The van der Waals surface area contributed by atoms with E-state index < -0.39 is 0 Å². The Hall–Kier alpha value is -2.55. The minimum atomic E-state index is 0.731. The van der Waals surface area contributed by atoms with Gasteiger partial charge < -0.3 is 9.47 Å². The number of pyridine rings is 1. The van der Waals surface area contributed by atoms with Crippen molar-refractivity contribution in [3.8, 4) is 11.5 Å². The Bertz CT molecular complexity index is 835. The van der Waals surface area contributed by atoms with Crippen LogP contribution in [0.25, 0.3) is 10.8 Å². The molecule has 0 N–H and O–H groups in total. The highest BCUT2D eigenvalue weighted by Gasteiger charge is 2.10. The number of benzene rings is 2. The van der Waals surface area contributed by atoms with E-state index in [0.717, 1.165) is 34.4 Å². The van der Waals surface area contributed by atoms with Crippen molar-refractivity contribution in [1.29, 1.82) is 0 Å². The van der Waals surface area contributed by atoms with E-state index in [2.05, 4.69) is 37.0 Å². The lowest BCUT2D eigenvalue weighted by Crippen LogP contribution is -1.97. The van der Waals surface area contributed by atoms with E-state index in [4.69, 9.17) is 9.47 Å². The van der Waals surface area contributed by atoms with Gasteiger partial charge in [0.05, 0.1) is 19.9 Å². The van der Waals surface area contributed by atoms with Gasteiger partial charge in [-0.2, -0.15) is 0 Å². The van der Waals surface area contributed by atoms with Crippen LogP contribution in [-0.4, -0.2) is 19.2 Å². The van der Waals surface area contributed by atoms with E-state index in [1.165, 1.54) is 16.7 Å². The van der Waals surface area contributed by atoms with Gasteiger partial charge in [-0.05, 0) is 43.0 Å². The number of nitrogens with zero attached hydrogens (tertiary/aromatic N) is 1. The summed E-state index contributed by atoms with van der Waals surface area (Å²) in [5, 5.41) is 2.21. The van der Waals surface area contributed by atoms with Gasteiger partial charge in [0, 0.05) is 18.0 Å². The summed E-state index contributed by atoms with van der Waals surface area (Å²) in [6, 6.07) is 12.6. The van der Waals surface area contributed by atoms with Crippen LogP contribution in [0, 0.1) is 13.8 Å². The van der Waals surface area contributed by atoms with Crippen molar-refractivity contribution >= 4 is 10.8 Å². The van der Waals surface area contributed by atoms with Gasteiger partial charge in [-0.25, -0.2) is 0 Å². The summed E-state index contributed by atoms with van der Waals surface area (Å²) in [4.78, 5) is 4.60. The lowest BCUT2D eigenvalue weighted by molar-refractivity contribution is 0.356. The van der Waals surface area contributed by atoms with Gasteiger partial charge in [-0.1, -0.05) is 29.3 Å². The molecule has 0 amide bonds. The fraction of sp³-hybridized carbons (Fsp3) is 0.250. The minimum Gasteiger partial charge on any atom is -0.493 e. The maximum Gasteiger partial charge on any atom is 0.161 e. The first-order valence-corrected chi connectivity index (χ1v) is 7.67. The summed E-state index contributed by atoms with van der Waals surface area (Å²) < 4.78 is 10.8. The Labute approximate surface area is 136 Å². The normalized spacial score (nSPS) is 10.8. The maximum atomic E-state index is 5.43. The fourth-order valence-corrected chi connectivity index (χ4v) is 3.06. The Morgan fingerprint density at radius 2 is 1.52 bits per heavy atom. The number of methoxy groups -OCH3 is 2. The first kappa shape index (κ1) is 15.3. The monoisotopic (exact) mass is 307 g/mol. The van der Waals surface area contributed by atoms with Gasteiger partial charge in [-0.15, -0.1) is 0 Å². The molecule has 3 rings (SSSR count). The number of aryl methyl sites for hydroxylation is 2. The highest BCUT2D eigenvalue weighted by molar-refractivity contribution is 5.88. The molecule has 0 bridgehead atoms. The molecule has 0 aliphatic carbocycles. The number of fused-ring (bicyclic) bond motifs is 1. The predicted molar refractivity (Wildman–Crippen MR) is 93.6 cm³/mol. The van der Waals surface area contributed by atoms with Crippen molar-refractivity contribution in [3.05, 3.63) is 65.0 Å². The largest absolute Gasteiger partial charge is 0.493 e. The molecule has 0 saturated carbocycles. The van der Waals surface area contributed by atoms with Crippen LogP contribution in [0.5, 0.6) is 11.5 Å². The van der Waals surface area contributed by atoms with Crippen LogP contribution in [0.3, 0.4) is 0 Å². The Kier molecular flexibility index (Phi) is 4.20. The maximum absolute atomic E-state index is 5.43. The third-order valence-corrected chi connectivity index (χ3v) is 4.00. The highest BCUT2D eigenvalue weighted by atomic mass is 16.5. The highest BCUT2D eigenvalue weighted by Crippen LogP contribution is 2.33. The van der Waals surface area contributed by atoms with E-state index in [-0.39, 0.29) is 0 Å². The molecule has 23 heavy (non-hydrogen) atoms. The quantitative estimate of drug-likeness (QED) is 0.713. The van der Waals surface area contributed by atoms with Crippen LogP contribution in [-0.2, 0) is 6.42 Å². The van der Waals surface area contributed by atoms with Gasteiger partial charge in [0.25, 0.3) is 0 Å². The first-order chi connectivity index (χ1) is 11.1. The van der Waals surface area contributed by atoms with Crippen molar-refractivity contribution in [2.24, 2.45) is 0 Å². The zero-order valence-corrected chi connectivity index (χ0v) is 14.0. The Balaban J connectivity index is 2.10. The molecule has 0 aliphatic rings. The van der Waals surface area contributed by atoms with E-state index in [1.807, 2.05) is 24.4 Å². The molecule has 0 fully saturated rings. The summed E-state index contributed by atoms with van der Waals surface area (Å²) in [6.07, 6.45) is 2.65. The van der Waals surface area contributed by atoms with E-state index in [9.17, 15) is 0 Å². The molecular formula is C20H21NO2. The van der Waals surface area contributed by atoms with Crippen LogP contribution >= 0.6 is 0 Å². The summed E-state index contributed by atoms with van der Waals surface area (Å²) in [7, 11) is 3.31. The summed E-state index contributed by atoms with van der Waals surface area (Å²) >= 11 is 0. The van der Waals surface area contributed by atoms with Gasteiger partial charge >= 0.3 is 0 Å². The molecule has 0 saturated heterocycles. The molecule has 3 nitrogen and oxygen atoms in total. The lowest BCUT2D eigenvalue weighted by Gasteiger charge is -2.12. The third kappa shape index (κ3) is 3.14. The molecule has 0 aliphatic heterocycles. The molecule has 3 aromatic rings. The average molecular weight is 307 g/mol. The summed E-state index contributed by atoms with van der Waals surface area (Å²) in [6.45, 7) is 4.25. The van der Waals surface area contributed by atoms with Crippen LogP contribution in [0.1, 0.15) is 22.4 Å². The van der Waals surface area contributed by atoms with Crippen LogP contribution in [0.2, 0.25) is 0 Å². The number of ether oxygens (including phenoxy) is 2. The Morgan fingerprint density at radius 3 is 2.17 bits per heavy atom. The number of hydrogen-bond acceptors (Lipinski definition) is 3. The van der Waals surface area contributed by atoms with Gasteiger partial charge in [0.1, 0.15) is 0 Å². The number of aromatic nitrogens is 1. The second-order valence-corrected chi connectivity index (χ2v) is 5.86. The van der Waals surface area contributed by atoms with E-state index in [1.54, 1.807) is 14.2 Å². The Morgan fingerprint density at radius 1 is 0.870 bits per heavy atom. The zero-order chi connectivity index (χ0) is 16.4. The summed E-state index contributed by atoms with van der Waals surface area (Å²) in [5.41, 5.74) is 4.88. The number of rotatable bonds is 4. The smallest absolute Gasteiger partial charge is 0.161 e. The van der Waals surface area contributed by atoms with Crippen molar-refractivity contribution in [3.63, 3.8) is 0 Å². The molecule has 0 unspecified atom stereocenters. The molecule has 2 aromatic carbocycles. The molecule has 3 heteroatoms. The van der Waals surface area contributed by atoms with Crippen molar-refractivity contribution in [2.75, 3.05) is 14.2 Å². The molecule has 0 radical (unpaired) electrons. The fourth-order valence-electron chi connectivity index (χ4n) is 3.06. The van der Waals surface area contributed by atoms with Crippen LogP contribution in [0.4, 0.5) is 0 Å². The predicted octanol–water partition coefficient (Wildman–Crippen LogP) is 4.46. The topological polar surface area (TPSA) is 31.4 Å². The lowest BCUT2D eigenvalue weighted by atomic mass is 10.00. The van der Waals surface area contributed by atoms with Gasteiger partial charge in [0.15, 0.2) is 11.5 Å². The first-order valence-electron chi connectivity index (χ1n) is 7.67.